The average molecular weight is 459 g/mol. The molecule has 2 aromatic heterocycles. The number of morpholine rings is 1. The van der Waals surface area contributed by atoms with E-state index in [0.717, 1.165) is 53.5 Å². The van der Waals surface area contributed by atoms with Crippen LogP contribution >= 0.6 is 22.9 Å². The van der Waals surface area contributed by atoms with Gasteiger partial charge in [-0.15, -0.1) is 11.3 Å². The SMILES string of the molecule is O=C(c1cccc(Cl)c1)N1CCc2c(sc3ncn(CCN4CCOCC4)c(=O)c23)C1. The van der Waals surface area contributed by atoms with Gasteiger partial charge in [-0.05, 0) is 30.2 Å². The molecule has 0 aliphatic carbocycles. The van der Waals surface area contributed by atoms with Crippen LogP contribution in [-0.2, 0) is 24.2 Å². The van der Waals surface area contributed by atoms with Crippen molar-refractivity contribution in [3.05, 3.63) is 62.0 Å². The van der Waals surface area contributed by atoms with Crippen molar-refractivity contribution in [2.24, 2.45) is 0 Å². The highest BCUT2D eigenvalue weighted by Gasteiger charge is 2.27. The predicted octanol–water partition coefficient (Wildman–Crippen LogP) is 2.64. The smallest absolute Gasteiger partial charge is 0.262 e. The summed E-state index contributed by atoms with van der Waals surface area (Å²) in [6.45, 7) is 5.78. The van der Waals surface area contributed by atoms with E-state index in [0.29, 0.717) is 36.6 Å². The Labute approximate surface area is 188 Å². The van der Waals surface area contributed by atoms with Crippen LogP contribution in [0.5, 0.6) is 0 Å². The van der Waals surface area contributed by atoms with Crippen LogP contribution in [0, 0.1) is 0 Å². The molecule has 162 valence electrons. The van der Waals surface area contributed by atoms with E-state index in [-0.39, 0.29) is 11.5 Å². The van der Waals surface area contributed by atoms with Crippen LogP contribution in [0.15, 0.2) is 35.4 Å². The zero-order valence-corrected chi connectivity index (χ0v) is 18.6. The molecule has 5 rings (SSSR count). The Kier molecular flexibility index (Phi) is 5.79. The van der Waals surface area contributed by atoms with Gasteiger partial charge in [0, 0.05) is 48.2 Å². The summed E-state index contributed by atoms with van der Waals surface area (Å²) in [7, 11) is 0. The van der Waals surface area contributed by atoms with Crippen LogP contribution in [0.4, 0.5) is 0 Å². The minimum Gasteiger partial charge on any atom is -0.379 e. The van der Waals surface area contributed by atoms with E-state index in [1.807, 2.05) is 4.90 Å². The van der Waals surface area contributed by atoms with E-state index in [1.165, 1.54) is 11.3 Å². The summed E-state index contributed by atoms with van der Waals surface area (Å²) < 4.78 is 7.11. The average Bonchev–Trinajstić information content (AvgIpc) is 3.17. The van der Waals surface area contributed by atoms with Crippen molar-refractivity contribution in [3.63, 3.8) is 0 Å². The molecule has 0 unspecified atom stereocenters. The van der Waals surface area contributed by atoms with Gasteiger partial charge in [0.1, 0.15) is 4.83 Å². The summed E-state index contributed by atoms with van der Waals surface area (Å²) in [5.74, 6) is -0.0403. The van der Waals surface area contributed by atoms with Crippen LogP contribution in [0.1, 0.15) is 20.8 Å². The minimum atomic E-state index is -0.0403. The third kappa shape index (κ3) is 4.13. The molecule has 1 aromatic carbocycles. The van der Waals surface area contributed by atoms with Gasteiger partial charge in [0.15, 0.2) is 0 Å². The highest BCUT2D eigenvalue weighted by molar-refractivity contribution is 7.18. The van der Waals surface area contributed by atoms with Crippen molar-refractivity contribution >= 4 is 39.1 Å². The first-order chi connectivity index (χ1) is 15.1. The van der Waals surface area contributed by atoms with Crippen LogP contribution in [-0.4, -0.2) is 64.7 Å². The number of aromatic nitrogens is 2. The second-order valence-electron chi connectivity index (χ2n) is 7.87. The lowest BCUT2D eigenvalue weighted by Crippen LogP contribution is -2.39. The fourth-order valence-corrected chi connectivity index (χ4v) is 5.61. The number of carbonyl (C=O) groups is 1. The molecule has 1 saturated heterocycles. The molecule has 0 bridgehead atoms. The van der Waals surface area contributed by atoms with Gasteiger partial charge in [-0.25, -0.2) is 4.98 Å². The van der Waals surface area contributed by atoms with Crippen molar-refractivity contribution in [1.29, 1.82) is 0 Å². The van der Waals surface area contributed by atoms with E-state index in [4.69, 9.17) is 16.3 Å². The van der Waals surface area contributed by atoms with E-state index in [2.05, 4.69) is 9.88 Å². The van der Waals surface area contributed by atoms with Crippen molar-refractivity contribution in [2.45, 2.75) is 19.5 Å². The summed E-state index contributed by atoms with van der Waals surface area (Å²) in [6, 6.07) is 7.02. The monoisotopic (exact) mass is 458 g/mol. The summed E-state index contributed by atoms with van der Waals surface area (Å²) in [5, 5.41) is 1.27. The number of thiophene rings is 1. The Hall–Kier alpha value is -2.26. The Morgan fingerprint density at radius 2 is 2.03 bits per heavy atom. The molecule has 2 aliphatic heterocycles. The van der Waals surface area contributed by atoms with E-state index < -0.39 is 0 Å². The molecule has 1 amide bonds. The minimum absolute atomic E-state index is 0.0189. The lowest BCUT2D eigenvalue weighted by Gasteiger charge is -2.27. The first kappa shape index (κ1) is 20.6. The Morgan fingerprint density at radius 1 is 1.19 bits per heavy atom. The number of nitrogens with zero attached hydrogens (tertiary/aromatic N) is 4. The van der Waals surface area contributed by atoms with Crippen LogP contribution < -0.4 is 5.56 Å². The molecule has 0 N–H and O–H groups in total. The van der Waals surface area contributed by atoms with Crippen molar-refractivity contribution < 1.29 is 9.53 Å². The van der Waals surface area contributed by atoms with Crippen LogP contribution in [0.25, 0.3) is 10.2 Å². The predicted molar refractivity (Wildman–Crippen MR) is 121 cm³/mol. The zero-order chi connectivity index (χ0) is 21.4. The third-order valence-corrected chi connectivity index (χ3v) is 7.31. The highest BCUT2D eigenvalue weighted by Crippen LogP contribution is 2.32. The topological polar surface area (TPSA) is 67.7 Å². The number of halogens is 1. The number of ether oxygens (including phenoxy) is 1. The van der Waals surface area contributed by atoms with Crippen molar-refractivity contribution in [1.82, 2.24) is 19.4 Å². The van der Waals surface area contributed by atoms with E-state index in [9.17, 15) is 9.59 Å². The number of hydrogen-bond acceptors (Lipinski definition) is 6. The lowest BCUT2D eigenvalue weighted by atomic mass is 10.0. The standard InChI is InChI=1S/C22H23ClN4O3S/c23-16-3-1-2-15(12-16)21(28)26-5-4-17-18(13-26)31-20-19(17)22(29)27(14-24-20)7-6-25-8-10-30-11-9-25/h1-3,12,14H,4-11,13H2. The molecule has 31 heavy (non-hydrogen) atoms. The normalized spacial score (nSPS) is 17.1. The van der Waals surface area contributed by atoms with Gasteiger partial charge >= 0.3 is 0 Å². The maximum absolute atomic E-state index is 13.2. The Balaban J connectivity index is 1.37. The van der Waals surface area contributed by atoms with Gasteiger partial charge in [-0.1, -0.05) is 17.7 Å². The zero-order valence-electron chi connectivity index (χ0n) is 17.1. The first-order valence-corrected chi connectivity index (χ1v) is 11.6. The van der Waals surface area contributed by atoms with E-state index >= 15 is 0 Å². The summed E-state index contributed by atoms with van der Waals surface area (Å²) in [5.41, 5.74) is 1.65. The highest BCUT2D eigenvalue weighted by atomic mass is 35.5. The summed E-state index contributed by atoms with van der Waals surface area (Å²) in [4.78, 5) is 36.6. The number of carbonyl (C=O) groups excluding carboxylic acids is 1. The molecule has 9 heteroatoms. The molecule has 7 nitrogen and oxygen atoms in total. The van der Waals surface area contributed by atoms with Crippen molar-refractivity contribution in [3.8, 4) is 0 Å². The number of benzene rings is 1. The van der Waals surface area contributed by atoms with E-state index in [1.54, 1.807) is 35.2 Å². The molecule has 0 atom stereocenters. The van der Waals surface area contributed by atoms with Gasteiger partial charge in [-0.2, -0.15) is 0 Å². The molecule has 4 heterocycles. The van der Waals surface area contributed by atoms with Gasteiger partial charge in [0.25, 0.3) is 11.5 Å². The number of amides is 1. The second kappa shape index (κ2) is 8.70. The lowest BCUT2D eigenvalue weighted by molar-refractivity contribution is 0.0362. The van der Waals surface area contributed by atoms with Gasteiger partial charge in [0.05, 0.1) is 31.5 Å². The Bertz CT molecular complexity index is 1190. The first-order valence-electron chi connectivity index (χ1n) is 10.4. The van der Waals surface area contributed by atoms with Crippen LogP contribution in [0.3, 0.4) is 0 Å². The quantitative estimate of drug-likeness (QED) is 0.601. The molecule has 0 spiro atoms. The van der Waals surface area contributed by atoms with Crippen molar-refractivity contribution in [2.75, 3.05) is 39.4 Å². The summed E-state index contributed by atoms with van der Waals surface area (Å²) in [6.07, 6.45) is 2.31. The summed E-state index contributed by atoms with van der Waals surface area (Å²) >= 11 is 7.56. The molecule has 1 fully saturated rings. The fraction of sp³-hybridized carbons (Fsp3) is 0.409. The van der Waals surface area contributed by atoms with Crippen LogP contribution in [0.2, 0.25) is 5.02 Å². The molecule has 0 saturated carbocycles. The third-order valence-electron chi connectivity index (χ3n) is 5.95. The van der Waals surface area contributed by atoms with Gasteiger partial charge in [0.2, 0.25) is 0 Å². The molecular formula is C22H23ClN4O3S. The molecular weight excluding hydrogens is 436 g/mol. The largest absolute Gasteiger partial charge is 0.379 e. The molecule has 2 aliphatic rings. The number of hydrogen-bond donors (Lipinski definition) is 0. The fourth-order valence-electron chi connectivity index (χ4n) is 4.23. The Morgan fingerprint density at radius 3 is 2.84 bits per heavy atom. The molecule has 3 aromatic rings. The molecule has 0 radical (unpaired) electrons. The van der Waals surface area contributed by atoms with Gasteiger partial charge < -0.3 is 9.64 Å². The second-order valence-corrected chi connectivity index (χ2v) is 9.39. The number of rotatable bonds is 4. The maximum atomic E-state index is 13.2. The number of fused-ring (bicyclic) bond motifs is 3. The maximum Gasteiger partial charge on any atom is 0.262 e. The van der Waals surface area contributed by atoms with Gasteiger partial charge in [-0.3, -0.25) is 19.1 Å².